The van der Waals surface area contributed by atoms with Crippen molar-refractivity contribution in [2.75, 3.05) is 13.1 Å². The zero-order chi connectivity index (χ0) is 12.3. The van der Waals surface area contributed by atoms with Crippen LogP contribution in [0.15, 0.2) is 6.20 Å². The topological polar surface area (TPSA) is 75.0 Å². The van der Waals surface area contributed by atoms with Crippen LogP contribution in [0.3, 0.4) is 0 Å². The van der Waals surface area contributed by atoms with Gasteiger partial charge in [-0.2, -0.15) is 5.10 Å². The molecule has 0 saturated carbocycles. The van der Waals surface area contributed by atoms with Gasteiger partial charge in [-0.3, -0.25) is 9.89 Å². The Bertz CT molecular complexity index is 388. The molecule has 3 N–H and O–H groups in total. The predicted molar refractivity (Wildman–Crippen MR) is 65.7 cm³/mol. The molecule has 1 aliphatic rings. The lowest BCUT2D eigenvalue weighted by molar-refractivity contribution is 0.0729. The van der Waals surface area contributed by atoms with Crippen LogP contribution in [0.2, 0.25) is 0 Å². The van der Waals surface area contributed by atoms with Gasteiger partial charge >= 0.3 is 0 Å². The number of aromatic nitrogens is 2. The van der Waals surface area contributed by atoms with Crippen molar-refractivity contribution in [1.29, 1.82) is 0 Å². The Morgan fingerprint density at radius 3 is 3.18 bits per heavy atom. The quantitative estimate of drug-likeness (QED) is 0.821. The van der Waals surface area contributed by atoms with Crippen LogP contribution < -0.4 is 5.73 Å². The van der Waals surface area contributed by atoms with Crippen molar-refractivity contribution in [2.24, 2.45) is 5.73 Å². The maximum atomic E-state index is 12.3. The second kappa shape index (κ2) is 5.31. The van der Waals surface area contributed by atoms with Crippen molar-refractivity contribution in [3.63, 3.8) is 0 Å². The van der Waals surface area contributed by atoms with Crippen LogP contribution in [0, 0.1) is 6.92 Å². The van der Waals surface area contributed by atoms with Gasteiger partial charge in [0.1, 0.15) is 0 Å². The zero-order valence-corrected chi connectivity index (χ0v) is 10.3. The van der Waals surface area contributed by atoms with Crippen molar-refractivity contribution < 1.29 is 4.79 Å². The summed E-state index contributed by atoms with van der Waals surface area (Å²) < 4.78 is 0. The molecule has 2 heterocycles. The van der Waals surface area contributed by atoms with Crippen LogP contribution in [-0.2, 0) is 0 Å². The SMILES string of the molecule is Cc1[nH]ncc1C(=O)N1CCCC1CCCN. The van der Waals surface area contributed by atoms with Crippen molar-refractivity contribution in [1.82, 2.24) is 15.1 Å². The number of nitrogens with zero attached hydrogens (tertiary/aromatic N) is 2. The summed E-state index contributed by atoms with van der Waals surface area (Å²) in [6.45, 7) is 3.44. The van der Waals surface area contributed by atoms with Gasteiger partial charge < -0.3 is 10.6 Å². The first kappa shape index (κ1) is 12.1. The fraction of sp³-hybridized carbons (Fsp3) is 0.667. The van der Waals surface area contributed by atoms with Crippen LogP contribution in [0.1, 0.15) is 41.7 Å². The molecule has 0 aliphatic carbocycles. The van der Waals surface area contributed by atoms with Gasteiger partial charge in [0.15, 0.2) is 0 Å². The molecule has 0 radical (unpaired) electrons. The van der Waals surface area contributed by atoms with Crippen molar-refractivity contribution in [2.45, 2.75) is 38.6 Å². The summed E-state index contributed by atoms with van der Waals surface area (Å²) in [6.07, 6.45) is 5.81. The Morgan fingerprint density at radius 2 is 2.53 bits per heavy atom. The minimum atomic E-state index is 0.107. The summed E-state index contributed by atoms with van der Waals surface area (Å²) in [5, 5.41) is 6.72. The monoisotopic (exact) mass is 236 g/mol. The van der Waals surface area contributed by atoms with E-state index in [2.05, 4.69) is 10.2 Å². The number of hydrogen-bond acceptors (Lipinski definition) is 3. The van der Waals surface area contributed by atoms with Crippen LogP contribution >= 0.6 is 0 Å². The van der Waals surface area contributed by atoms with Gasteiger partial charge in [0.25, 0.3) is 5.91 Å². The highest BCUT2D eigenvalue weighted by Crippen LogP contribution is 2.23. The van der Waals surface area contributed by atoms with Crippen molar-refractivity contribution in [3.05, 3.63) is 17.5 Å². The van der Waals surface area contributed by atoms with Gasteiger partial charge in [0.2, 0.25) is 0 Å². The number of nitrogens with two attached hydrogens (primary N) is 1. The number of carbonyl (C=O) groups is 1. The maximum absolute atomic E-state index is 12.3. The summed E-state index contributed by atoms with van der Waals surface area (Å²) in [5.41, 5.74) is 7.07. The van der Waals surface area contributed by atoms with E-state index in [-0.39, 0.29) is 5.91 Å². The number of rotatable bonds is 4. The standard InChI is InChI=1S/C12H20N4O/c1-9-11(8-14-15-9)12(17)16-7-3-5-10(16)4-2-6-13/h8,10H,2-7,13H2,1H3,(H,14,15). The largest absolute Gasteiger partial charge is 0.336 e. The Balaban J connectivity index is 2.06. The summed E-state index contributed by atoms with van der Waals surface area (Å²) >= 11 is 0. The smallest absolute Gasteiger partial charge is 0.257 e. The van der Waals surface area contributed by atoms with Crippen molar-refractivity contribution >= 4 is 5.91 Å². The normalized spacial score (nSPS) is 19.9. The highest BCUT2D eigenvalue weighted by atomic mass is 16.2. The molecular formula is C12H20N4O. The fourth-order valence-electron chi connectivity index (χ4n) is 2.48. The number of aryl methyl sites for hydroxylation is 1. The molecule has 1 aromatic rings. The molecule has 17 heavy (non-hydrogen) atoms. The highest BCUT2D eigenvalue weighted by Gasteiger charge is 2.29. The van der Waals surface area contributed by atoms with E-state index in [1.54, 1.807) is 6.20 Å². The zero-order valence-electron chi connectivity index (χ0n) is 10.3. The van der Waals surface area contributed by atoms with E-state index in [0.29, 0.717) is 18.2 Å². The molecular weight excluding hydrogens is 216 g/mol. The summed E-state index contributed by atoms with van der Waals surface area (Å²) in [5.74, 6) is 0.107. The lowest BCUT2D eigenvalue weighted by Gasteiger charge is -2.24. The molecule has 5 nitrogen and oxygen atoms in total. The number of amides is 1. The minimum Gasteiger partial charge on any atom is -0.336 e. The summed E-state index contributed by atoms with van der Waals surface area (Å²) in [6, 6.07) is 0.361. The second-order valence-corrected chi connectivity index (χ2v) is 4.63. The van der Waals surface area contributed by atoms with E-state index >= 15 is 0 Å². The highest BCUT2D eigenvalue weighted by molar-refractivity contribution is 5.95. The average molecular weight is 236 g/mol. The lowest BCUT2D eigenvalue weighted by atomic mass is 10.1. The van der Waals surface area contributed by atoms with Crippen LogP contribution in [0.4, 0.5) is 0 Å². The summed E-state index contributed by atoms with van der Waals surface area (Å²) in [4.78, 5) is 14.3. The molecule has 1 saturated heterocycles. The first-order valence-corrected chi connectivity index (χ1v) is 6.25. The van der Waals surface area contributed by atoms with Crippen molar-refractivity contribution in [3.8, 4) is 0 Å². The maximum Gasteiger partial charge on any atom is 0.257 e. The van der Waals surface area contributed by atoms with Crippen LogP contribution in [0.25, 0.3) is 0 Å². The molecule has 1 fully saturated rings. The van der Waals surface area contributed by atoms with Crippen LogP contribution in [-0.4, -0.2) is 40.1 Å². The number of H-pyrrole nitrogens is 1. The average Bonchev–Trinajstić information content (AvgIpc) is 2.94. The first-order chi connectivity index (χ1) is 8.24. The molecule has 1 unspecified atom stereocenters. The van der Waals surface area contributed by atoms with Gasteiger partial charge in [-0.15, -0.1) is 0 Å². The molecule has 1 aromatic heterocycles. The predicted octanol–water partition coefficient (Wildman–Crippen LogP) is 1.06. The number of hydrogen-bond donors (Lipinski definition) is 2. The molecule has 1 atom stereocenters. The van der Waals surface area contributed by atoms with E-state index in [9.17, 15) is 4.79 Å². The van der Waals surface area contributed by atoms with E-state index in [4.69, 9.17) is 5.73 Å². The van der Waals surface area contributed by atoms with Gasteiger partial charge in [0.05, 0.1) is 11.8 Å². The fourth-order valence-corrected chi connectivity index (χ4v) is 2.48. The molecule has 0 aromatic carbocycles. The Hall–Kier alpha value is -1.36. The third-order valence-corrected chi connectivity index (χ3v) is 3.44. The number of likely N-dealkylation sites (tertiary alicyclic amines) is 1. The number of carbonyl (C=O) groups excluding carboxylic acids is 1. The number of nitrogens with one attached hydrogen (secondary N) is 1. The minimum absolute atomic E-state index is 0.107. The molecule has 5 heteroatoms. The van der Waals surface area contributed by atoms with E-state index in [0.717, 1.165) is 37.9 Å². The first-order valence-electron chi connectivity index (χ1n) is 6.25. The Kier molecular flexibility index (Phi) is 3.78. The third kappa shape index (κ3) is 2.49. The molecule has 1 aliphatic heterocycles. The van der Waals surface area contributed by atoms with Gasteiger partial charge in [-0.25, -0.2) is 0 Å². The van der Waals surface area contributed by atoms with Gasteiger partial charge in [-0.05, 0) is 39.2 Å². The molecule has 94 valence electrons. The Morgan fingerprint density at radius 1 is 1.71 bits per heavy atom. The van der Waals surface area contributed by atoms with Crippen LogP contribution in [0.5, 0.6) is 0 Å². The number of aromatic amines is 1. The van der Waals surface area contributed by atoms with E-state index in [1.807, 2.05) is 11.8 Å². The van der Waals surface area contributed by atoms with E-state index in [1.165, 1.54) is 0 Å². The lowest BCUT2D eigenvalue weighted by Crippen LogP contribution is -2.36. The summed E-state index contributed by atoms with van der Waals surface area (Å²) in [7, 11) is 0. The van der Waals surface area contributed by atoms with Gasteiger partial charge in [-0.1, -0.05) is 0 Å². The van der Waals surface area contributed by atoms with Gasteiger partial charge in [0, 0.05) is 18.3 Å². The van der Waals surface area contributed by atoms with E-state index < -0.39 is 0 Å². The molecule has 0 bridgehead atoms. The Labute approximate surface area is 101 Å². The second-order valence-electron chi connectivity index (χ2n) is 4.63. The molecule has 0 spiro atoms. The molecule has 1 amide bonds. The molecule has 2 rings (SSSR count). The third-order valence-electron chi connectivity index (χ3n) is 3.44.